The molecule has 7 nitrogen and oxygen atoms in total. The van der Waals surface area contributed by atoms with Gasteiger partial charge in [-0.25, -0.2) is 13.8 Å². The molecule has 0 saturated carbocycles. The summed E-state index contributed by atoms with van der Waals surface area (Å²) in [6.07, 6.45) is 11.0. The van der Waals surface area contributed by atoms with Crippen molar-refractivity contribution in [3.63, 3.8) is 0 Å². The Morgan fingerprint density at radius 1 is 1.02 bits per heavy atom. The highest BCUT2D eigenvalue weighted by molar-refractivity contribution is 6.08. The van der Waals surface area contributed by atoms with Crippen molar-refractivity contribution in [3.05, 3.63) is 70.9 Å². The molecule has 1 aliphatic carbocycles. The van der Waals surface area contributed by atoms with E-state index in [1.54, 1.807) is 6.20 Å². The zero-order valence-electron chi connectivity index (χ0n) is 22.8. The average Bonchev–Trinajstić information content (AvgIpc) is 3.65. The van der Waals surface area contributed by atoms with Crippen LogP contribution in [0.5, 0.6) is 0 Å². The van der Waals surface area contributed by atoms with Gasteiger partial charge in [0.05, 0.1) is 11.3 Å². The molecule has 40 heavy (non-hydrogen) atoms. The van der Waals surface area contributed by atoms with Gasteiger partial charge in [0, 0.05) is 44.0 Å². The van der Waals surface area contributed by atoms with Crippen LogP contribution in [0, 0.1) is 17.6 Å². The number of nitrogens with one attached hydrogen (secondary N) is 1. The Labute approximate surface area is 233 Å². The van der Waals surface area contributed by atoms with Crippen molar-refractivity contribution in [1.82, 2.24) is 14.8 Å². The van der Waals surface area contributed by atoms with Crippen molar-refractivity contribution in [2.24, 2.45) is 5.92 Å². The number of aromatic nitrogens is 1. The monoisotopic (exact) mass is 547 g/mol. The Kier molecular flexibility index (Phi) is 7.40. The van der Waals surface area contributed by atoms with Crippen molar-refractivity contribution in [3.8, 4) is 0 Å². The summed E-state index contributed by atoms with van der Waals surface area (Å²) in [5.74, 6) is -1.33. The summed E-state index contributed by atoms with van der Waals surface area (Å²) >= 11 is 0. The normalized spacial score (nSPS) is 23.0. The molecule has 210 valence electrons. The fraction of sp³-hybridized carbons (Fsp3) is 0.452. The van der Waals surface area contributed by atoms with Gasteiger partial charge in [0.15, 0.2) is 0 Å². The van der Waals surface area contributed by atoms with Crippen LogP contribution in [-0.2, 0) is 4.79 Å². The van der Waals surface area contributed by atoms with Crippen LogP contribution in [0.1, 0.15) is 54.9 Å². The molecule has 2 atom stereocenters. The first-order valence-electron chi connectivity index (χ1n) is 14.3. The predicted octanol–water partition coefficient (Wildman–Crippen LogP) is 4.87. The van der Waals surface area contributed by atoms with Crippen molar-refractivity contribution in [2.75, 3.05) is 49.5 Å². The number of carbonyl (C=O) groups is 2. The van der Waals surface area contributed by atoms with Crippen molar-refractivity contribution in [1.29, 1.82) is 0 Å². The molecule has 3 aliphatic heterocycles. The smallest absolute Gasteiger partial charge is 0.261 e. The van der Waals surface area contributed by atoms with Gasteiger partial charge >= 0.3 is 0 Å². The number of nitrogens with zero attached hydrogens (tertiary/aromatic N) is 4. The van der Waals surface area contributed by atoms with Crippen LogP contribution in [-0.4, -0.2) is 71.9 Å². The second kappa shape index (κ2) is 11.1. The van der Waals surface area contributed by atoms with Crippen molar-refractivity contribution >= 4 is 28.9 Å². The average molecular weight is 548 g/mol. The van der Waals surface area contributed by atoms with Gasteiger partial charge in [-0.2, -0.15) is 0 Å². The number of benzene rings is 1. The molecule has 1 N–H and O–H groups in total. The van der Waals surface area contributed by atoms with Gasteiger partial charge in [-0.15, -0.1) is 0 Å². The van der Waals surface area contributed by atoms with Crippen LogP contribution in [0.4, 0.5) is 20.3 Å². The second-order valence-electron chi connectivity index (χ2n) is 11.3. The van der Waals surface area contributed by atoms with Crippen LogP contribution in [0.2, 0.25) is 0 Å². The van der Waals surface area contributed by atoms with Gasteiger partial charge < -0.3 is 20.0 Å². The maximum absolute atomic E-state index is 14.4. The third-order valence-corrected chi connectivity index (χ3v) is 8.63. The van der Waals surface area contributed by atoms with E-state index in [1.807, 2.05) is 18.2 Å². The molecular weight excluding hydrogens is 512 g/mol. The molecule has 0 radical (unpaired) electrons. The van der Waals surface area contributed by atoms with Crippen molar-refractivity contribution in [2.45, 2.75) is 45.1 Å². The van der Waals surface area contributed by atoms with Gasteiger partial charge in [0.25, 0.3) is 5.91 Å². The summed E-state index contributed by atoms with van der Waals surface area (Å²) in [6.45, 7) is 6.88. The van der Waals surface area contributed by atoms with E-state index < -0.39 is 17.5 Å². The van der Waals surface area contributed by atoms with Gasteiger partial charge in [0.1, 0.15) is 17.5 Å². The summed E-state index contributed by atoms with van der Waals surface area (Å²) in [5.41, 5.74) is 2.91. The third kappa shape index (κ3) is 5.14. The first-order chi connectivity index (χ1) is 19.4. The predicted molar refractivity (Wildman–Crippen MR) is 151 cm³/mol. The molecule has 0 bridgehead atoms. The van der Waals surface area contributed by atoms with E-state index in [2.05, 4.69) is 27.0 Å². The minimum atomic E-state index is -0.762. The quantitative estimate of drug-likeness (QED) is 0.579. The van der Waals surface area contributed by atoms with E-state index in [-0.39, 0.29) is 23.4 Å². The van der Waals surface area contributed by atoms with Gasteiger partial charge in [0.2, 0.25) is 5.91 Å². The molecule has 1 unspecified atom stereocenters. The van der Waals surface area contributed by atoms with Crippen LogP contribution >= 0.6 is 0 Å². The maximum Gasteiger partial charge on any atom is 0.261 e. The number of anilines is 2. The standard InChI is InChI=1S/C31H35F2N5O2/c1-20-15-21(6-8-25(20)30(39)37-13-4-5-24(37)19-36-11-2-3-12-36)22-16-28-29(35-18-22)34-10-14-38(28)31(40)26-17-23(32)7-9-27(26)33/h6-9,16-18,20,24H,2-5,10-15,19H2,1H3,(H,34,35)/t20?,24-/m0/s1. The number of rotatable bonds is 5. The fourth-order valence-corrected chi connectivity index (χ4v) is 6.48. The molecule has 6 rings (SSSR count). The summed E-state index contributed by atoms with van der Waals surface area (Å²) in [6, 6.07) is 5.05. The molecule has 0 spiro atoms. The van der Waals surface area contributed by atoms with E-state index in [0.29, 0.717) is 31.0 Å². The molecule has 2 aromatic rings. The van der Waals surface area contributed by atoms with Gasteiger partial charge in [-0.05, 0) is 86.5 Å². The number of fused-ring (bicyclic) bond motifs is 1. The largest absolute Gasteiger partial charge is 0.367 e. The second-order valence-corrected chi connectivity index (χ2v) is 11.3. The number of halogens is 2. The Hall–Kier alpha value is -3.59. The highest BCUT2D eigenvalue weighted by Gasteiger charge is 2.34. The number of likely N-dealkylation sites (tertiary alicyclic amines) is 2. The lowest BCUT2D eigenvalue weighted by atomic mass is 9.85. The number of pyridine rings is 1. The molecule has 1 aromatic heterocycles. The molecule has 2 amide bonds. The minimum Gasteiger partial charge on any atom is -0.367 e. The maximum atomic E-state index is 14.4. The zero-order valence-corrected chi connectivity index (χ0v) is 22.8. The lowest BCUT2D eigenvalue weighted by Gasteiger charge is -2.32. The van der Waals surface area contributed by atoms with E-state index in [9.17, 15) is 18.4 Å². The van der Waals surface area contributed by atoms with E-state index in [0.717, 1.165) is 73.9 Å². The molecular formula is C31H35F2N5O2. The topological polar surface area (TPSA) is 68.8 Å². The summed E-state index contributed by atoms with van der Waals surface area (Å²) in [4.78, 5) is 37.4. The SMILES string of the molecule is CC1CC(c2cnc3c(c2)N(C(=O)c2cc(F)ccc2F)CCN3)=CC=C1C(=O)N1CCC[C@H]1CN1CCCC1. The number of allylic oxidation sites excluding steroid dienone is 3. The number of amides is 2. The lowest BCUT2D eigenvalue weighted by molar-refractivity contribution is -0.128. The molecule has 4 aliphatic rings. The Bertz CT molecular complexity index is 1380. The van der Waals surface area contributed by atoms with Crippen LogP contribution in [0.15, 0.2) is 48.2 Å². The Balaban J connectivity index is 1.23. The van der Waals surface area contributed by atoms with Crippen LogP contribution < -0.4 is 10.2 Å². The number of hydrogen-bond acceptors (Lipinski definition) is 5. The molecule has 1 aromatic carbocycles. The molecule has 2 fully saturated rings. The van der Waals surface area contributed by atoms with Crippen LogP contribution in [0.3, 0.4) is 0 Å². The summed E-state index contributed by atoms with van der Waals surface area (Å²) < 4.78 is 28.2. The van der Waals surface area contributed by atoms with Gasteiger partial charge in [-0.3, -0.25) is 9.59 Å². The third-order valence-electron chi connectivity index (χ3n) is 8.63. The molecule has 2 saturated heterocycles. The number of carbonyl (C=O) groups excluding carboxylic acids is 2. The Morgan fingerprint density at radius 3 is 2.65 bits per heavy atom. The van der Waals surface area contributed by atoms with E-state index in [1.165, 1.54) is 17.7 Å². The molecule has 4 heterocycles. The highest BCUT2D eigenvalue weighted by Crippen LogP contribution is 2.37. The number of hydrogen-bond donors (Lipinski definition) is 1. The van der Waals surface area contributed by atoms with Crippen molar-refractivity contribution < 1.29 is 18.4 Å². The highest BCUT2D eigenvalue weighted by atomic mass is 19.1. The first kappa shape index (κ1) is 26.6. The van der Waals surface area contributed by atoms with E-state index >= 15 is 0 Å². The minimum absolute atomic E-state index is 0.0359. The molecule has 9 heteroatoms. The zero-order chi connectivity index (χ0) is 27.8. The fourth-order valence-electron chi connectivity index (χ4n) is 6.48. The Morgan fingerprint density at radius 2 is 1.85 bits per heavy atom. The lowest BCUT2D eigenvalue weighted by Crippen LogP contribution is -2.43. The van der Waals surface area contributed by atoms with E-state index in [4.69, 9.17) is 0 Å². The first-order valence-corrected chi connectivity index (χ1v) is 14.3. The van der Waals surface area contributed by atoms with Gasteiger partial charge in [-0.1, -0.05) is 19.1 Å². The summed E-state index contributed by atoms with van der Waals surface area (Å²) in [7, 11) is 0. The van der Waals surface area contributed by atoms with Crippen LogP contribution in [0.25, 0.3) is 5.57 Å². The summed E-state index contributed by atoms with van der Waals surface area (Å²) in [5, 5.41) is 3.19.